The summed E-state index contributed by atoms with van der Waals surface area (Å²) >= 11 is 3.43. The minimum absolute atomic E-state index is 0.436. The largest absolute Gasteiger partial charge is 0.393 e. The molecule has 110 valence electrons. The maximum absolute atomic E-state index is 6.13. The molecule has 6 nitrogen and oxygen atoms in total. The molecule has 0 aliphatic rings. The Bertz CT molecular complexity index is 778. The lowest BCUT2D eigenvalue weighted by Gasteiger charge is -2.12. The Morgan fingerprint density at radius 2 is 1.68 bits per heavy atom. The summed E-state index contributed by atoms with van der Waals surface area (Å²) in [4.78, 5) is 12.4. The molecule has 3 rings (SSSR count). The van der Waals surface area contributed by atoms with Crippen molar-refractivity contribution < 1.29 is 0 Å². The summed E-state index contributed by atoms with van der Waals surface area (Å²) in [5.74, 6) is 1.07. The van der Waals surface area contributed by atoms with Gasteiger partial charge in [0.2, 0.25) is 0 Å². The van der Waals surface area contributed by atoms with E-state index in [1.807, 2.05) is 36.4 Å². The monoisotopic (exact) mass is 356 g/mol. The molecular weight excluding hydrogens is 344 g/mol. The number of halogens is 1. The van der Waals surface area contributed by atoms with Crippen LogP contribution in [0.5, 0.6) is 0 Å². The van der Waals surface area contributed by atoms with Crippen molar-refractivity contribution in [3.05, 3.63) is 59.6 Å². The van der Waals surface area contributed by atoms with Gasteiger partial charge in [-0.1, -0.05) is 22.0 Å². The number of nitrogens with one attached hydrogen (secondary N) is 2. The van der Waals surface area contributed by atoms with Gasteiger partial charge in [0.15, 0.2) is 11.6 Å². The predicted octanol–water partition coefficient (Wildman–Crippen LogP) is 3.70. The first-order chi connectivity index (χ1) is 10.7. The molecule has 7 heteroatoms. The number of anilines is 5. The van der Waals surface area contributed by atoms with Crippen molar-refractivity contribution in [3.8, 4) is 0 Å². The van der Waals surface area contributed by atoms with Crippen LogP contribution in [-0.4, -0.2) is 15.0 Å². The van der Waals surface area contributed by atoms with Crippen LogP contribution in [-0.2, 0) is 0 Å². The Hall–Kier alpha value is -2.67. The second-order valence-corrected chi connectivity index (χ2v) is 5.40. The third kappa shape index (κ3) is 3.32. The van der Waals surface area contributed by atoms with Crippen LogP contribution in [0, 0.1) is 0 Å². The quantitative estimate of drug-likeness (QED) is 0.660. The van der Waals surface area contributed by atoms with Gasteiger partial charge < -0.3 is 16.4 Å². The van der Waals surface area contributed by atoms with Gasteiger partial charge in [0.25, 0.3) is 0 Å². The summed E-state index contributed by atoms with van der Waals surface area (Å²) in [5, 5.41) is 6.30. The van der Waals surface area contributed by atoms with E-state index >= 15 is 0 Å². The van der Waals surface area contributed by atoms with Gasteiger partial charge in [-0.2, -0.15) is 0 Å². The van der Waals surface area contributed by atoms with Crippen molar-refractivity contribution in [2.75, 3.05) is 16.4 Å². The Kier molecular flexibility index (Phi) is 4.15. The molecular formula is C15H13BrN6. The molecule has 2 aromatic heterocycles. The number of benzene rings is 1. The van der Waals surface area contributed by atoms with E-state index in [0.717, 1.165) is 15.8 Å². The first-order valence-electron chi connectivity index (χ1n) is 6.52. The molecule has 0 aliphatic heterocycles. The maximum Gasteiger partial charge on any atom is 0.159 e. The zero-order valence-corrected chi connectivity index (χ0v) is 13.1. The van der Waals surface area contributed by atoms with Gasteiger partial charge in [-0.25, -0.2) is 9.97 Å². The molecule has 0 radical (unpaired) electrons. The van der Waals surface area contributed by atoms with Gasteiger partial charge in [-0.15, -0.1) is 0 Å². The Morgan fingerprint density at radius 1 is 0.955 bits per heavy atom. The summed E-state index contributed by atoms with van der Waals surface area (Å²) in [7, 11) is 0. The molecule has 0 unspecified atom stereocenters. The van der Waals surface area contributed by atoms with E-state index < -0.39 is 0 Å². The fraction of sp³-hybridized carbons (Fsp3) is 0. The zero-order valence-electron chi connectivity index (χ0n) is 11.5. The minimum Gasteiger partial charge on any atom is -0.393 e. The number of nitrogen functional groups attached to an aromatic ring is 1. The van der Waals surface area contributed by atoms with Crippen molar-refractivity contribution >= 4 is 44.6 Å². The van der Waals surface area contributed by atoms with E-state index in [1.165, 1.54) is 6.33 Å². The molecule has 2 heterocycles. The highest BCUT2D eigenvalue weighted by Gasteiger charge is 2.09. The average Bonchev–Trinajstić information content (AvgIpc) is 2.52. The van der Waals surface area contributed by atoms with Crippen LogP contribution >= 0.6 is 15.9 Å². The molecule has 0 aliphatic carbocycles. The van der Waals surface area contributed by atoms with Crippen LogP contribution in [0.25, 0.3) is 0 Å². The van der Waals surface area contributed by atoms with E-state index in [0.29, 0.717) is 17.3 Å². The maximum atomic E-state index is 6.13. The lowest BCUT2D eigenvalue weighted by atomic mass is 10.3. The molecule has 0 spiro atoms. The first kappa shape index (κ1) is 14.3. The number of hydrogen-bond acceptors (Lipinski definition) is 6. The number of rotatable bonds is 4. The summed E-state index contributed by atoms with van der Waals surface area (Å²) in [6, 6.07) is 11.5. The first-order valence-corrected chi connectivity index (χ1v) is 7.32. The number of nitrogens with two attached hydrogens (primary N) is 1. The highest BCUT2D eigenvalue weighted by Crippen LogP contribution is 2.28. The smallest absolute Gasteiger partial charge is 0.159 e. The standard InChI is InChI=1S/C15H13BrN6/c16-10-3-1-4-11(7-10)21-14-13(17)15(20-9-19-14)22-12-5-2-6-18-8-12/h1-9H,17H2,(H2,19,20,21,22). The molecule has 1 aromatic carbocycles. The molecule has 22 heavy (non-hydrogen) atoms. The van der Waals surface area contributed by atoms with Crippen molar-refractivity contribution in [2.45, 2.75) is 0 Å². The van der Waals surface area contributed by atoms with Gasteiger partial charge in [0, 0.05) is 16.4 Å². The van der Waals surface area contributed by atoms with Gasteiger partial charge >= 0.3 is 0 Å². The van der Waals surface area contributed by atoms with Crippen molar-refractivity contribution in [3.63, 3.8) is 0 Å². The minimum atomic E-state index is 0.436. The summed E-state index contributed by atoms with van der Waals surface area (Å²) in [5.41, 5.74) is 8.26. The number of nitrogens with zero attached hydrogens (tertiary/aromatic N) is 3. The van der Waals surface area contributed by atoms with Gasteiger partial charge in [-0.05, 0) is 30.3 Å². The second kappa shape index (κ2) is 6.40. The molecule has 0 bridgehead atoms. The molecule has 0 amide bonds. The molecule has 0 saturated carbocycles. The van der Waals surface area contributed by atoms with E-state index in [4.69, 9.17) is 5.73 Å². The zero-order chi connectivity index (χ0) is 15.4. The highest BCUT2D eigenvalue weighted by molar-refractivity contribution is 9.10. The van der Waals surface area contributed by atoms with Crippen LogP contribution in [0.2, 0.25) is 0 Å². The van der Waals surface area contributed by atoms with E-state index in [1.54, 1.807) is 12.4 Å². The second-order valence-electron chi connectivity index (χ2n) is 4.49. The molecule has 0 atom stereocenters. The normalized spacial score (nSPS) is 10.2. The van der Waals surface area contributed by atoms with Crippen molar-refractivity contribution in [1.82, 2.24) is 15.0 Å². The highest BCUT2D eigenvalue weighted by atomic mass is 79.9. The van der Waals surface area contributed by atoms with Crippen LogP contribution in [0.3, 0.4) is 0 Å². The van der Waals surface area contributed by atoms with Gasteiger partial charge in [0.1, 0.15) is 12.0 Å². The molecule has 0 saturated heterocycles. The van der Waals surface area contributed by atoms with E-state index in [-0.39, 0.29) is 0 Å². The van der Waals surface area contributed by atoms with Gasteiger partial charge in [0.05, 0.1) is 11.9 Å². The Morgan fingerprint density at radius 3 is 2.36 bits per heavy atom. The van der Waals surface area contributed by atoms with Crippen LogP contribution < -0.4 is 16.4 Å². The summed E-state index contributed by atoms with van der Waals surface area (Å²) in [6.45, 7) is 0. The average molecular weight is 357 g/mol. The Labute approximate surface area is 136 Å². The molecule has 0 fully saturated rings. The number of pyridine rings is 1. The fourth-order valence-corrected chi connectivity index (χ4v) is 2.27. The Balaban J connectivity index is 1.86. The van der Waals surface area contributed by atoms with Crippen LogP contribution in [0.15, 0.2) is 59.6 Å². The fourth-order valence-electron chi connectivity index (χ4n) is 1.87. The third-order valence-corrected chi connectivity index (χ3v) is 3.39. The molecule has 3 aromatic rings. The molecule has 4 N–H and O–H groups in total. The topological polar surface area (TPSA) is 88.8 Å². The SMILES string of the molecule is Nc1c(Nc2cccnc2)ncnc1Nc1cccc(Br)c1. The number of aromatic nitrogens is 3. The van der Waals surface area contributed by atoms with Crippen molar-refractivity contribution in [2.24, 2.45) is 0 Å². The third-order valence-electron chi connectivity index (χ3n) is 2.90. The summed E-state index contributed by atoms with van der Waals surface area (Å²) in [6.07, 6.45) is 4.85. The lowest BCUT2D eigenvalue weighted by Crippen LogP contribution is -2.05. The van der Waals surface area contributed by atoms with Crippen molar-refractivity contribution in [1.29, 1.82) is 0 Å². The number of hydrogen-bond donors (Lipinski definition) is 3. The van der Waals surface area contributed by atoms with E-state index in [9.17, 15) is 0 Å². The lowest BCUT2D eigenvalue weighted by molar-refractivity contribution is 1.17. The predicted molar refractivity (Wildman–Crippen MR) is 91.4 cm³/mol. The van der Waals surface area contributed by atoms with Gasteiger partial charge in [-0.3, -0.25) is 4.98 Å². The van der Waals surface area contributed by atoms with E-state index in [2.05, 4.69) is 41.5 Å². The van der Waals surface area contributed by atoms with Crippen LogP contribution in [0.4, 0.5) is 28.7 Å². The summed E-state index contributed by atoms with van der Waals surface area (Å²) < 4.78 is 0.971. The van der Waals surface area contributed by atoms with Crippen LogP contribution in [0.1, 0.15) is 0 Å².